The van der Waals surface area contributed by atoms with Gasteiger partial charge in [0, 0.05) is 130 Å². The lowest BCUT2D eigenvalue weighted by atomic mass is 9.82. The Bertz CT molecular complexity index is 8930. The highest BCUT2D eigenvalue weighted by atomic mass is 32.1. The lowest BCUT2D eigenvalue weighted by molar-refractivity contribution is 0.625. The highest BCUT2D eigenvalue weighted by Crippen LogP contribution is 2.56. The fourth-order valence-corrected chi connectivity index (χ4v) is 24.3. The molecule has 664 valence electrons. The van der Waals surface area contributed by atoms with Gasteiger partial charge < -0.3 is 19.6 Å². The van der Waals surface area contributed by atoms with Gasteiger partial charge in [-0.15, -0.1) is 22.7 Å². The van der Waals surface area contributed by atoms with Gasteiger partial charge in [0.05, 0.1) is 17.1 Å². The van der Waals surface area contributed by atoms with Crippen molar-refractivity contribution < 1.29 is 4.39 Å². The summed E-state index contributed by atoms with van der Waals surface area (Å²) in [6, 6.07) is 175. The number of halogens is 1. The minimum absolute atomic E-state index is 0.0930. The van der Waals surface area contributed by atoms with Crippen molar-refractivity contribution in [2.45, 2.75) is 31.6 Å². The first-order valence-corrected chi connectivity index (χ1v) is 49.8. The minimum atomic E-state index is -0.251. The summed E-state index contributed by atoms with van der Waals surface area (Å²) in [7, 11) is 0. The van der Waals surface area contributed by atoms with E-state index < -0.39 is 0 Å². The maximum atomic E-state index is 17.3. The van der Waals surface area contributed by atoms with E-state index in [-0.39, 0.29) is 17.2 Å². The Morgan fingerprint density at radius 2 is 0.600 bits per heavy atom. The zero-order chi connectivity index (χ0) is 93.3. The van der Waals surface area contributed by atoms with Crippen LogP contribution >= 0.6 is 22.7 Å². The van der Waals surface area contributed by atoms with Crippen molar-refractivity contribution in [3.8, 4) is 66.8 Å². The molecule has 0 bridgehead atoms. The Morgan fingerprint density at radius 1 is 0.243 bits per heavy atom. The van der Waals surface area contributed by atoms with Crippen LogP contribution in [0.25, 0.3) is 150 Å². The van der Waals surface area contributed by atoms with Crippen molar-refractivity contribution in [3.63, 3.8) is 0 Å². The molecule has 2 aliphatic carbocycles. The molecule has 1 atom stereocenters. The van der Waals surface area contributed by atoms with Crippen molar-refractivity contribution >= 4 is 174 Å². The molecule has 22 aromatic carbocycles. The predicted octanol–water partition coefficient (Wildman–Crippen LogP) is 39.0. The molecule has 0 spiro atoms. The number of nitrogens with zero attached hydrogens (tertiary/aromatic N) is 4. The van der Waals surface area contributed by atoms with Crippen LogP contribution in [-0.2, 0) is 5.41 Å². The van der Waals surface area contributed by atoms with Crippen LogP contribution in [0.5, 0.6) is 0 Å². The summed E-state index contributed by atoms with van der Waals surface area (Å²) in [5.74, 6) is -0.147. The predicted molar refractivity (Wildman–Crippen MR) is 598 cm³/mol. The first-order valence-electron chi connectivity index (χ1n) is 48.1. The molecule has 24 aromatic rings. The van der Waals surface area contributed by atoms with Gasteiger partial charge in [-0.05, 0) is 251 Å². The Labute approximate surface area is 822 Å². The van der Waals surface area contributed by atoms with Crippen LogP contribution in [-0.4, -0.2) is 0 Å². The van der Waals surface area contributed by atoms with E-state index in [1.165, 1.54) is 134 Å². The number of rotatable bonds is 18. The molecule has 0 saturated heterocycles. The van der Waals surface area contributed by atoms with Gasteiger partial charge in [-0.25, -0.2) is 4.39 Å². The fourth-order valence-electron chi connectivity index (χ4n) is 21.8. The number of allylic oxidation sites excluding steroid dienone is 4. The molecule has 1 unspecified atom stereocenters. The fraction of sp³-hybridized carbons (Fsp3) is 0.0376. The maximum Gasteiger partial charge on any atom is 0.148 e. The monoisotopic (exact) mass is 1830 g/mol. The lowest BCUT2D eigenvalue weighted by Gasteiger charge is -2.29. The van der Waals surface area contributed by atoms with Gasteiger partial charge in [0.1, 0.15) is 5.82 Å². The topological polar surface area (TPSA) is 13.0 Å². The Morgan fingerprint density at radius 3 is 1.07 bits per heavy atom. The normalized spacial score (nSPS) is 13.0. The van der Waals surface area contributed by atoms with Crippen molar-refractivity contribution in [1.29, 1.82) is 0 Å². The molecule has 0 aliphatic heterocycles. The number of anilines is 12. The maximum absolute atomic E-state index is 17.3. The SMILES string of the molecule is CC1(C)c2ccccc2-c2ccc(N(c3ccccc3)c3ccc4c(c3)sc3c5ccc(-c6ccc(N(c7ccccc7)c7ccccc7-c7ccccc7)cc6)cc5c5ccccc5c43)cc21.Fc1cc(C2C=CC=CC2)cc(-c2ccccc2)c1N(c1ccccc1)c1ccc2c(c1)sc1c3ccc(-c4ccc(N(c5ccccc5)c5ccccc5-c5ccccc5)cc4)cc3c3ccccc3c21. The third-order valence-corrected chi connectivity index (χ3v) is 30.8. The van der Waals surface area contributed by atoms with Gasteiger partial charge in [-0.1, -0.05) is 378 Å². The summed E-state index contributed by atoms with van der Waals surface area (Å²) in [5.41, 5.74) is 30.0. The number of hydrogen-bond donors (Lipinski definition) is 0. The summed E-state index contributed by atoms with van der Waals surface area (Å²) in [6.45, 7) is 4.72. The summed E-state index contributed by atoms with van der Waals surface area (Å²) in [5, 5.41) is 15.1. The average Bonchev–Trinajstić information content (AvgIpc) is 1.56. The standard InChI is InChI=1S/C68H47FN2S.C65H46N2S/c69-63-44-51(46-20-6-1-7-21-46)43-61(49-24-10-3-11-25-49)67(63)71(53-28-14-5-15-29-53)55-39-41-60-65(45-55)72-68-59-40-36-50(42-62(59)57-31-16-17-32-58(57)66(60)68)47-34-37-54(38-35-47)70(52-26-12-4-13-27-52)64-33-19-18-30-56(64)48-22-8-2-9-23-48;1-65(2)59-28-16-14-26-53(59)54-38-35-49(41-60(54)65)66(46-20-8-4-9-21-46)50-36-39-57-62(42-50)68-64-56-37-32-45(40-58(56)52-25-12-13-27-55(52)63(57)64)43-30-33-48(34-31-43)67(47-22-10-5-11-23-47)61-29-17-15-24-51(61)44-18-6-3-7-19-44/h1-20,22-46H,21H2;3-42H,1-2H3. The molecule has 0 fully saturated rings. The summed E-state index contributed by atoms with van der Waals surface area (Å²) >= 11 is 3.73. The summed E-state index contributed by atoms with van der Waals surface area (Å²) < 4.78 is 22.3. The van der Waals surface area contributed by atoms with Gasteiger partial charge >= 0.3 is 0 Å². The molecule has 2 aliphatic rings. The van der Waals surface area contributed by atoms with Gasteiger partial charge in [0.15, 0.2) is 0 Å². The summed E-state index contributed by atoms with van der Waals surface area (Å²) in [6.07, 6.45) is 9.31. The van der Waals surface area contributed by atoms with Crippen LogP contribution in [0.2, 0.25) is 0 Å². The van der Waals surface area contributed by atoms with Crippen molar-refractivity contribution in [2.75, 3.05) is 19.6 Å². The molecule has 4 nitrogen and oxygen atoms in total. The van der Waals surface area contributed by atoms with E-state index >= 15 is 4.39 Å². The number of para-hydroxylation sites is 6. The van der Waals surface area contributed by atoms with Gasteiger partial charge in [-0.2, -0.15) is 0 Å². The molecule has 140 heavy (non-hydrogen) atoms. The van der Waals surface area contributed by atoms with Crippen LogP contribution in [0, 0.1) is 5.82 Å². The Kier molecular flexibility index (Phi) is 21.7. The van der Waals surface area contributed by atoms with Crippen molar-refractivity contribution in [1.82, 2.24) is 0 Å². The van der Waals surface area contributed by atoms with E-state index in [4.69, 9.17) is 0 Å². The third kappa shape index (κ3) is 15.1. The van der Waals surface area contributed by atoms with Crippen molar-refractivity contribution in [3.05, 3.63) is 532 Å². The summed E-state index contributed by atoms with van der Waals surface area (Å²) in [4.78, 5) is 9.26. The second-order valence-electron chi connectivity index (χ2n) is 36.9. The quantitative estimate of drug-likeness (QED) is 0.0794. The lowest BCUT2D eigenvalue weighted by Crippen LogP contribution is -2.16. The minimum Gasteiger partial charge on any atom is -0.310 e. The van der Waals surface area contributed by atoms with Gasteiger partial charge in [0.2, 0.25) is 0 Å². The van der Waals surface area contributed by atoms with E-state index in [1.54, 1.807) is 6.07 Å². The molecule has 7 heteroatoms. The average molecular weight is 1830 g/mol. The van der Waals surface area contributed by atoms with Crippen molar-refractivity contribution in [2.24, 2.45) is 0 Å². The number of benzene rings is 22. The highest BCUT2D eigenvalue weighted by Gasteiger charge is 2.37. The van der Waals surface area contributed by atoms with E-state index in [0.29, 0.717) is 5.69 Å². The second-order valence-corrected chi connectivity index (χ2v) is 39.1. The van der Waals surface area contributed by atoms with Crippen LogP contribution in [0.15, 0.2) is 510 Å². The van der Waals surface area contributed by atoms with Crippen LogP contribution < -0.4 is 19.6 Å². The number of hydrogen-bond acceptors (Lipinski definition) is 6. The Hall–Kier alpha value is -17.1. The van der Waals surface area contributed by atoms with Gasteiger partial charge in [0.25, 0.3) is 0 Å². The zero-order valence-corrected chi connectivity index (χ0v) is 78.9. The molecule has 0 amide bonds. The molecule has 2 heterocycles. The first kappa shape index (κ1) is 84.7. The molecular formula is C133H93FN4S2. The molecule has 2 aromatic heterocycles. The zero-order valence-electron chi connectivity index (χ0n) is 77.3. The highest BCUT2D eigenvalue weighted by molar-refractivity contribution is 7.27. The first-order chi connectivity index (χ1) is 69.1. The molecule has 0 saturated carbocycles. The van der Waals surface area contributed by atoms with E-state index in [2.05, 4.69) is 501 Å². The van der Waals surface area contributed by atoms with E-state index in [0.717, 1.165) is 101 Å². The second kappa shape index (κ2) is 35.9. The van der Waals surface area contributed by atoms with Gasteiger partial charge in [-0.3, -0.25) is 0 Å². The van der Waals surface area contributed by atoms with Crippen LogP contribution in [0.1, 0.15) is 42.9 Å². The van der Waals surface area contributed by atoms with E-state index in [9.17, 15) is 0 Å². The molecule has 0 radical (unpaired) electrons. The number of thiophene rings is 2. The third-order valence-electron chi connectivity index (χ3n) is 28.4. The largest absolute Gasteiger partial charge is 0.310 e. The molecule has 0 N–H and O–H groups in total. The van der Waals surface area contributed by atoms with E-state index in [1.807, 2.05) is 59.1 Å². The van der Waals surface area contributed by atoms with Crippen LogP contribution in [0.4, 0.5) is 72.6 Å². The Balaban J connectivity index is 0.000000148. The molecular weight excluding hydrogens is 1740 g/mol. The van der Waals surface area contributed by atoms with Crippen LogP contribution in [0.3, 0.4) is 0 Å². The smallest absolute Gasteiger partial charge is 0.148 e. The number of fused-ring (bicyclic) bond motifs is 19. The molecule has 26 rings (SSSR count).